The third kappa shape index (κ3) is 9.24. The third-order valence-corrected chi connectivity index (χ3v) is 12.7. The molecule has 15 heteroatoms. The summed E-state index contributed by atoms with van der Waals surface area (Å²) in [7, 11) is 0. The van der Waals surface area contributed by atoms with Crippen molar-refractivity contribution in [2.24, 2.45) is 5.92 Å². The van der Waals surface area contributed by atoms with Crippen molar-refractivity contribution >= 4 is 46.6 Å². The van der Waals surface area contributed by atoms with Crippen LogP contribution in [0.25, 0.3) is 11.3 Å². The van der Waals surface area contributed by atoms with E-state index in [9.17, 15) is 23.6 Å². The second-order valence-electron chi connectivity index (χ2n) is 16.5. The molecule has 2 aromatic carbocycles. The third-order valence-electron chi connectivity index (χ3n) is 12.7. The molecule has 1 atom stereocenters. The maximum Gasteiger partial charge on any atom is 0.249 e. The largest absolute Gasteiger partial charge is 0.374 e. The van der Waals surface area contributed by atoms with Gasteiger partial charge in [0, 0.05) is 86.5 Å². The lowest BCUT2D eigenvalue weighted by Gasteiger charge is -2.42. The van der Waals surface area contributed by atoms with Crippen molar-refractivity contribution in [3.8, 4) is 11.3 Å². The van der Waals surface area contributed by atoms with Crippen LogP contribution in [0, 0.1) is 17.6 Å². The number of imide groups is 1. The van der Waals surface area contributed by atoms with Crippen LogP contribution in [0.1, 0.15) is 83.5 Å². The number of carbonyl (C=O) groups is 4. The van der Waals surface area contributed by atoms with Crippen LogP contribution >= 0.6 is 0 Å². The Hall–Kier alpha value is -5.18. The summed E-state index contributed by atoms with van der Waals surface area (Å²) in [6, 6.07) is 12.4. The Labute approximate surface area is 337 Å². The number of halogens is 2. The smallest absolute Gasteiger partial charge is 0.249 e. The SMILES string of the molecule is O=C1CCC(Nc2ccc(N3CCC(N4CCC(NC(=O)C5CCC(Nc6ncc(F)c(-c7cccc(N8CCCCC8=O)c7)n6)CC5)CC4)CC3)c(F)c2)C(=O)N1. The molecule has 4 amide bonds. The lowest BCUT2D eigenvalue weighted by molar-refractivity contribution is -0.133. The number of piperidine rings is 4. The Morgan fingerprint density at radius 1 is 0.776 bits per heavy atom. The molecule has 0 spiro atoms. The van der Waals surface area contributed by atoms with Gasteiger partial charge in [-0.3, -0.25) is 24.5 Å². The molecular weight excluding hydrogens is 745 g/mol. The number of anilines is 4. The highest BCUT2D eigenvalue weighted by molar-refractivity contribution is 6.01. The molecule has 1 saturated carbocycles. The monoisotopic (exact) mass is 797 g/mol. The first kappa shape index (κ1) is 39.6. The molecule has 1 aromatic heterocycles. The maximum absolute atomic E-state index is 15.2. The van der Waals surface area contributed by atoms with Crippen molar-refractivity contribution in [2.45, 2.75) is 108 Å². The van der Waals surface area contributed by atoms with Crippen LogP contribution in [0.15, 0.2) is 48.7 Å². The number of nitrogens with one attached hydrogen (secondary N) is 4. The lowest BCUT2D eigenvalue weighted by Crippen LogP contribution is -2.52. The van der Waals surface area contributed by atoms with E-state index >= 15 is 4.39 Å². The van der Waals surface area contributed by atoms with E-state index in [0.717, 1.165) is 96.1 Å². The Morgan fingerprint density at radius 3 is 2.31 bits per heavy atom. The summed E-state index contributed by atoms with van der Waals surface area (Å²) in [5, 5.41) is 12.1. The first-order valence-electron chi connectivity index (χ1n) is 21.1. The topological polar surface area (TPSA) is 152 Å². The van der Waals surface area contributed by atoms with Crippen LogP contribution in [0.3, 0.4) is 0 Å². The van der Waals surface area contributed by atoms with Crippen LogP contribution in [-0.2, 0) is 19.2 Å². The van der Waals surface area contributed by atoms with Gasteiger partial charge in [-0.15, -0.1) is 0 Å². The van der Waals surface area contributed by atoms with E-state index in [0.29, 0.717) is 48.3 Å². The Bertz CT molecular complexity index is 1990. The minimum absolute atomic E-state index is 0.0481. The van der Waals surface area contributed by atoms with E-state index in [1.165, 1.54) is 12.3 Å². The number of hydrogen-bond acceptors (Lipinski definition) is 10. The molecule has 0 radical (unpaired) electrons. The van der Waals surface area contributed by atoms with Gasteiger partial charge in [0.05, 0.1) is 11.9 Å². The predicted octanol–water partition coefficient (Wildman–Crippen LogP) is 5.38. The Kier molecular flexibility index (Phi) is 12.1. The summed E-state index contributed by atoms with van der Waals surface area (Å²) in [5.74, 6) is -1.02. The van der Waals surface area contributed by atoms with Gasteiger partial charge in [-0.1, -0.05) is 12.1 Å². The molecule has 4 N–H and O–H groups in total. The van der Waals surface area contributed by atoms with Crippen molar-refractivity contribution in [3.63, 3.8) is 0 Å². The normalized spacial score (nSPS) is 24.0. The number of benzene rings is 2. The predicted molar refractivity (Wildman–Crippen MR) is 217 cm³/mol. The molecule has 5 heterocycles. The van der Waals surface area contributed by atoms with E-state index < -0.39 is 11.9 Å². The average molecular weight is 798 g/mol. The van der Waals surface area contributed by atoms with Crippen molar-refractivity contribution < 1.29 is 28.0 Å². The van der Waals surface area contributed by atoms with E-state index in [4.69, 9.17) is 0 Å². The summed E-state index contributed by atoms with van der Waals surface area (Å²) in [4.78, 5) is 64.5. The number of rotatable bonds is 10. The number of nitrogens with zero attached hydrogens (tertiary/aromatic N) is 5. The molecular formula is C43H53F2N9O4. The highest BCUT2D eigenvalue weighted by Crippen LogP contribution is 2.32. The fourth-order valence-corrected chi connectivity index (χ4v) is 9.31. The molecule has 5 fully saturated rings. The number of hydrogen-bond donors (Lipinski definition) is 4. The standard InChI is InChI=1S/C43H53F2N9O4/c44-34-25-31(47-36-12-14-38(55)50-42(36)58)11-13-37(34)53-22-17-32(18-23-53)52-20-15-30(16-21-52)48-41(57)27-7-9-29(10-8-27)49-43-46-26-35(45)40(51-43)28-4-3-5-33(24-28)54-19-2-1-6-39(54)56/h3-5,11,13,24-27,29-30,32,36,47H,1-2,6-10,12,14-23H2,(H,48,57)(H,46,49,51)(H,50,55,58). The van der Waals surface area contributed by atoms with E-state index in [1.54, 1.807) is 23.1 Å². The van der Waals surface area contributed by atoms with Crippen LogP contribution in [0.4, 0.5) is 31.8 Å². The van der Waals surface area contributed by atoms with Crippen molar-refractivity contribution in [2.75, 3.05) is 53.2 Å². The molecule has 1 aliphatic carbocycles. The van der Waals surface area contributed by atoms with Gasteiger partial charge in [0.25, 0.3) is 0 Å². The molecule has 4 saturated heterocycles. The summed E-state index contributed by atoms with van der Waals surface area (Å²) < 4.78 is 30.2. The van der Waals surface area contributed by atoms with Crippen molar-refractivity contribution in [3.05, 3.63) is 60.3 Å². The van der Waals surface area contributed by atoms with E-state index in [1.807, 2.05) is 18.2 Å². The molecule has 3 aromatic rings. The molecule has 308 valence electrons. The van der Waals surface area contributed by atoms with Crippen LogP contribution in [-0.4, -0.2) is 95.4 Å². The molecule has 13 nitrogen and oxygen atoms in total. The van der Waals surface area contributed by atoms with Crippen LogP contribution in [0.2, 0.25) is 0 Å². The van der Waals surface area contributed by atoms with Gasteiger partial charge in [-0.25, -0.2) is 18.7 Å². The van der Waals surface area contributed by atoms with Crippen molar-refractivity contribution in [1.82, 2.24) is 25.5 Å². The minimum atomic E-state index is -0.559. The zero-order chi connectivity index (χ0) is 40.2. The molecule has 4 aliphatic heterocycles. The first-order valence-corrected chi connectivity index (χ1v) is 21.1. The zero-order valence-corrected chi connectivity index (χ0v) is 32.9. The molecule has 0 bridgehead atoms. The summed E-state index contributed by atoms with van der Waals surface area (Å²) in [5.41, 5.74) is 2.60. The number of aromatic nitrogens is 2. The van der Waals surface area contributed by atoms with Crippen molar-refractivity contribution in [1.29, 1.82) is 0 Å². The van der Waals surface area contributed by atoms with Gasteiger partial charge >= 0.3 is 0 Å². The number of likely N-dealkylation sites (tertiary alicyclic amines) is 1. The van der Waals surface area contributed by atoms with E-state index in [2.05, 4.69) is 41.0 Å². The minimum Gasteiger partial charge on any atom is -0.374 e. The van der Waals surface area contributed by atoms with Gasteiger partial charge in [0.2, 0.25) is 29.6 Å². The summed E-state index contributed by atoms with van der Waals surface area (Å²) in [6.07, 6.45) is 10.9. The second kappa shape index (κ2) is 17.8. The van der Waals surface area contributed by atoms with Crippen LogP contribution < -0.4 is 31.1 Å². The summed E-state index contributed by atoms with van der Waals surface area (Å²) >= 11 is 0. The number of carbonyl (C=O) groups excluding carboxylic acids is 4. The molecule has 1 unspecified atom stereocenters. The average Bonchev–Trinajstić information content (AvgIpc) is 3.23. The lowest BCUT2D eigenvalue weighted by atomic mass is 9.85. The summed E-state index contributed by atoms with van der Waals surface area (Å²) in [6.45, 7) is 3.99. The van der Waals surface area contributed by atoms with E-state index in [-0.39, 0.29) is 59.6 Å². The van der Waals surface area contributed by atoms with Crippen LogP contribution in [0.5, 0.6) is 0 Å². The van der Waals surface area contributed by atoms with Gasteiger partial charge in [-0.2, -0.15) is 0 Å². The highest BCUT2D eigenvalue weighted by atomic mass is 19.1. The molecule has 58 heavy (non-hydrogen) atoms. The molecule has 5 aliphatic rings. The maximum atomic E-state index is 15.2. The quantitative estimate of drug-likeness (QED) is 0.197. The van der Waals surface area contributed by atoms with Gasteiger partial charge < -0.3 is 30.7 Å². The fraction of sp³-hybridized carbons (Fsp3) is 0.535. The molecule has 8 rings (SSSR count). The number of amides is 4. The van der Waals surface area contributed by atoms with Gasteiger partial charge in [-0.05, 0) is 101 Å². The van der Waals surface area contributed by atoms with Gasteiger partial charge in [0.15, 0.2) is 5.82 Å². The fourth-order valence-electron chi connectivity index (χ4n) is 9.31. The van der Waals surface area contributed by atoms with Gasteiger partial charge in [0.1, 0.15) is 17.6 Å². The Balaban J connectivity index is 0.754. The Morgan fingerprint density at radius 2 is 1.57 bits per heavy atom. The second-order valence-corrected chi connectivity index (χ2v) is 16.5. The highest BCUT2D eigenvalue weighted by Gasteiger charge is 2.33. The zero-order valence-electron chi connectivity index (χ0n) is 32.9. The first-order chi connectivity index (χ1) is 28.2.